The molecule has 0 radical (unpaired) electrons. The van der Waals surface area contributed by atoms with Crippen molar-refractivity contribution in [3.63, 3.8) is 0 Å². The van der Waals surface area contributed by atoms with Crippen molar-refractivity contribution in [1.82, 2.24) is 20.1 Å². The minimum Gasteiger partial charge on any atom is -0.352 e. The molecule has 0 aliphatic heterocycles. The molecule has 0 saturated heterocycles. The van der Waals surface area contributed by atoms with E-state index in [0.29, 0.717) is 6.54 Å². The molecule has 2 N–H and O–H groups in total. The van der Waals surface area contributed by atoms with Crippen LogP contribution in [0, 0.1) is 13.8 Å². The van der Waals surface area contributed by atoms with Gasteiger partial charge < -0.3 is 9.88 Å². The van der Waals surface area contributed by atoms with Gasteiger partial charge in [-0.1, -0.05) is 6.07 Å². The Hall–Kier alpha value is -2.56. The maximum atomic E-state index is 12.4. The zero-order valence-electron chi connectivity index (χ0n) is 13.1. The number of hydrogen-bond donors (Lipinski definition) is 2. The molecule has 5 nitrogen and oxygen atoms in total. The number of rotatable bonds is 4. The van der Waals surface area contributed by atoms with Gasteiger partial charge in [-0.15, -0.1) is 0 Å². The summed E-state index contributed by atoms with van der Waals surface area (Å²) in [5.41, 5.74) is 5.03. The third-order valence-corrected chi connectivity index (χ3v) is 4.11. The van der Waals surface area contributed by atoms with E-state index in [0.717, 1.165) is 34.3 Å². The lowest BCUT2D eigenvalue weighted by molar-refractivity contribution is 0.0955. The smallest absolute Gasteiger partial charge is 0.251 e. The molecule has 0 spiro atoms. The van der Waals surface area contributed by atoms with Gasteiger partial charge in [-0.05, 0) is 44.0 Å². The molecule has 3 rings (SSSR count). The predicted molar refractivity (Wildman–Crippen MR) is 87.0 cm³/mol. The Morgan fingerprint density at radius 1 is 1.32 bits per heavy atom. The van der Waals surface area contributed by atoms with Crippen molar-refractivity contribution < 1.29 is 4.79 Å². The van der Waals surface area contributed by atoms with Gasteiger partial charge in [-0.25, -0.2) is 0 Å². The van der Waals surface area contributed by atoms with Crippen LogP contribution in [-0.2, 0) is 13.5 Å². The summed E-state index contributed by atoms with van der Waals surface area (Å²) in [6.07, 6.45) is 2.75. The Morgan fingerprint density at radius 2 is 2.14 bits per heavy atom. The zero-order valence-corrected chi connectivity index (χ0v) is 13.1. The van der Waals surface area contributed by atoms with E-state index in [1.807, 2.05) is 55.9 Å². The van der Waals surface area contributed by atoms with E-state index < -0.39 is 0 Å². The van der Waals surface area contributed by atoms with Crippen molar-refractivity contribution in [1.29, 1.82) is 0 Å². The van der Waals surface area contributed by atoms with Gasteiger partial charge in [0.15, 0.2) is 0 Å². The predicted octanol–water partition coefficient (Wildman–Crippen LogP) is 2.49. The highest BCUT2D eigenvalue weighted by Crippen LogP contribution is 2.19. The lowest BCUT2D eigenvalue weighted by Gasteiger charge is -2.07. The maximum Gasteiger partial charge on any atom is 0.251 e. The molecule has 1 amide bonds. The van der Waals surface area contributed by atoms with Crippen molar-refractivity contribution in [2.24, 2.45) is 7.05 Å². The average molecular weight is 296 g/mol. The molecule has 0 bridgehead atoms. The van der Waals surface area contributed by atoms with Gasteiger partial charge in [0.2, 0.25) is 0 Å². The summed E-state index contributed by atoms with van der Waals surface area (Å²) < 4.78 is 2.02. The van der Waals surface area contributed by atoms with Crippen molar-refractivity contribution in [2.75, 3.05) is 6.54 Å². The van der Waals surface area contributed by atoms with E-state index in [2.05, 4.69) is 15.5 Å². The second-order valence-corrected chi connectivity index (χ2v) is 5.58. The van der Waals surface area contributed by atoms with Crippen LogP contribution in [0.1, 0.15) is 27.3 Å². The minimum absolute atomic E-state index is 0.0319. The zero-order chi connectivity index (χ0) is 15.7. The highest BCUT2D eigenvalue weighted by Gasteiger charge is 2.12. The SMILES string of the molecule is Cc1n[nH]c(C)c1CCNC(=O)c1cccc2c1ccn2C. The summed E-state index contributed by atoms with van der Waals surface area (Å²) in [6, 6.07) is 7.78. The molecule has 1 aromatic carbocycles. The molecule has 0 atom stereocenters. The number of carbonyl (C=O) groups is 1. The van der Waals surface area contributed by atoms with Crippen molar-refractivity contribution in [2.45, 2.75) is 20.3 Å². The fraction of sp³-hybridized carbons (Fsp3) is 0.294. The first-order chi connectivity index (χ1) is 10.6. The molecule has 0 aliphatic carbocycles. The van der Waals surface area contributed by atoms with E-state index >= 15 is 0 Å². The number of aromatic amines is 1. The van der Waals surface area contributed by atoms with Crippen LogP contribution in [0.4, 0.5) is 0 Å². The topological polar surface area (TPSA) is 62.7 Å². The molecule has 0 fully saturated rings. The number of fused-ring (bicyclic) bond motifs is 1. The first kappa shape index (κ1) is 14.4. The Bertz CT molecular complexity index is 809. The van der Waals surface area contributed by atoms with Crippen molar-refractivity contribution >= 4 is 16.8 Å². The van der Waals surface area contributed by atoms with Crippen LogP contribution >= 0.6 is 0 Å². The Balaban J connectivity index is 1.72. The largest absolute Gasteiger partial charge is 0.352 e. The van der Waals surface area contributed by atoms with Crippen LogP contribution in [0.2, 0.25) is 0 Å². The summed E-state index contributed by atoms with van der Waals surface area (Å²) in [4.78, 5) is 12.4. The van der Waals surface area contributed by atoms with Crippen molar-refractivity contribution in [3.8, 4) is 0 Å². The number of benzene rings is 1. The second-order valence-electron chi connectivity index (χ2n) is 5.58. The first-order valence-corrected chi connectivity index (χ1v) is 7.40. The fourth-order valence-corrected chi connectivity index (χ4v) is 2.84. The molecule has 0 aliphatic rings. The number of carbonyl (C=O) groups excluding carboxylic acids is 1. The van der Waals surface area contributed by atoms with E-state index in [4.69, 9.17) is 0 Å². The normalized spacial score (nSPS) is 11.0. The molecule has 3 aromatic rings. The quantitative estimate of drug-likeness (QED) is 0.777. The third kappa shape index (κ3) is 2.50. The number of amides is 1. The summed E-state index contributed by atoms with van der Waals surface area (Å²) in [7, 11) is 1.98. The Morgan fingerprint density at radius 3 is 2.86 bits per heavy atom. The average Bonchev–Trinajstić information content (AvgIpc) is 3.04. The van der Waals surface area contributed by atoms with Crippen LogP contribution in [0.3, 0.4) is 0 Å². The standard InChI is InChI=1S/C17H20N4O/c1-11-13(12(2)20-19-11)7-9-18-17(22)15-5-4-6-16-14(15)8-10-21(16)3/h4-6,8,10H,7,9H2,1-3H3,(H,18,22)(H,19,20). The van der Waals surface area contributed by atoms with E-state index in [1.165, 1.54) is 5.56 Å². The maximum absolute atomic E-state index is 12.4. The number of nitrogens with zero attached hydrogens (tertiary/aromatic N) is 2. The molecular weight excluding hydrogens is 276 g/mol. The van der Waals surface area contributed by atoms with E-state index in [1.54, 1.807) is 0 Å². The summed E-state index contributed by atoms with van der Waals surface area (Å²) in [5, 5.41) is 11.1. The summed E-state index contributed by atoms with van der Waals surface area (Å²) >= 11 is 0. The molecule has 0 saturated carbocycles. The van der Waals surface area contributed by atoms with Gasteiger partial charge in [-0.2, -0.15) is 5.10 Å². The van der Waals surface area contributed by atoms with E-state index in [9.17, 15) is 4.79 Å². The molecule has 2 aromatic heterocycles. The van der Waals surface area contributed by atoms with Gasteiger partial charge in [0.1, 0.15) is 0 Å². The van der Waals surface area contributed by atoms with Gasteiger partial charge in [0.25, 0.3) is 5.91 Å². The Kier molecular flexibility index (Phi) is 3.71. The van der Waals surface area contributed by atoms with Gasteiger partial charge >= 0.3 is 0 Å². The number of aryl methyl sites for hydroxylation is 3. The molecule has 0 unspecified atom stereocenters. The molecule has 5 heteroatoms. The molecular formula is C17H20N4O. The summed E-state index contributed by atoms with van der Waals surface area (Å²) in [6.45, 7) is 4.58. The van der Waals surface area contributed by atoms with Crippen LogP contribution in [0.5, 0.6) is 0 Å². The molecule has 114 valence electrons. The van der Waals surface area contributed by atoms with Crippen LogP contribution < -0.4 is 5.32 Å². The van der Waals surface area contributed by atoms with Gasteiger partial charge in [-0.3, -0.25) is 9.89 Å². The Labute approximate surface area is 129 Å². The van der Waals surface area contributed by atoms with Gasteiger partial charge in [0, 0.05) is 41.9 Å². The lowest BCUT2D eigenvalue weighted by Crippen LogP contribution is -2.26. The van der Waals surface area contributed by atoms with Crippen LogP contribution in [0.15, 0.2) is 30.5 Å². The highest BCUT2D eigenvalue weighted by molar-refractivity contribution is 6.06. The van der Waals surface area contributed by atoms with Crippen LogP contribution in [0.25, 0.3) is 10.9 Å². The minimum atomic E-state index is -0.0319. The van der Waals surface area contributed by atoms with Crippen molar-refractivity contribution in [3.05, 3.63) is 53.0 Å². The van der Waals surface area contributed by atoms with Gasteiger partial charge in [0.05, 0.1) is 5.69 Å². The monoisotopic (exact) mass is 296 g/mol. The third-order valence-electron chi connectivity index (χ3n) is 4.11. The molecule has 22 heavy (non-hydrogen) atoms. The number of aromatic nitrogens is 3. The first-order valence-electron chi connectivity index (χ1n) is 7.40. The fourth-order valence-electron chi connectivity index (χ4n) is 2.84. The number of nitrogens with one attached hydrogen (secondary N) is 2. The van der Waals surface area contributed by atoms with Crippen LogP contribution in [-0.4, -0.2) is 27.2 Å². The van der Waals surface area contributed by atoms with E-state index in [-0.39, 0.29) is 5.91 Å². The second kappa shape index (κ2) is 5.67. The number of H-pyrrole nitrogens is 1. The molecule has 2 heterocycles. The summed E-state index contributed by atoms with van der Waals surface area (Å²) in [5.74, 6) is -0.0319. The lowest BCUT2D eigenvalue weighted by atomic mass is 10.1. The highest BCUT2D eigenvalue weighted by atomic mass is 16.1. The number of hydrogen-bond acceptors (Lipinski definition) is 2.